The van der Waals surface area contributed by atoms with E-state index in [0.717, 1.165) is 17.7 Å². The first kappa shape index (κ1) is 18.5. The molecule has 5 heteroatoms. The first-order chi connectivity index (χ1) is 11.5. The SMILES string of the molecule is CCC(CC)(CN)C(=O)NC1CCCN(c2ccc(C)cc2)C1=O. The highest BCUT2D eigenvalue weighted by atomic mass is 16.2. The maximum atomic E-state index is 12.8. The van der Waals surface area contributed by atoms with Crippen LogP contribution in [-0.4, -0.2) is 30.9 Å². The van der Waals surface area contributed by atoms with Crippen LogP contribution < -0.4 is 16.0 Å². The van der Waals surface area contributed by atoms with Gasteiger partial charge in [-0.2, -0.15) is 0 Å². The first-order valence-corrected chi connectivity index (χ1v) is 8.86. The molecule has 1 aliphatic rings. The van der Waals surface area contributed by atoms with Gasteiger partial charge in [0.1, 0.15) is 6.04 Å². The summed E-state index contributed by atoms with van der Waals surface area (Å²) in [6, 6.07) is 7.45. The van der Waals surface area contributed by atoms with Crippen molar-refractivity contribution >= 4 is 17.5 Å². The second-order valence-electron chi connectivity index (χ2n) is 6.69. The lowest BCUT2D eigenvalue weighted by Crippen LogP contribution is -2.56. The third-order valence-corrected chi connectivity index (χ3v) is 5.32. The molecule has 0 saturated carbocycles. The first-order valence-electron chi connectivity index (χ1n) is 8.86. The Morgan fingerprint density at radius 1 is 1.29 bits per heavy atom. The highest BCUT2D eigenvalue weighted by molar-refractivity contribution is 6.00. The summed E-state index contributed by atoms with van der Waals surface area (Å²) in [4.78, 5) is 27.3. The molecule has 0 bridgehead atoms. The minimum atomic E-state index is -0.577. The number of hydrogen-bond donors (Lipinski definition) is 2. The van der Waals surface area contributed by atoms with Crippen LogP contribution in [0.25, 0.3) is 0 Å². The van der Waals surface area contributed by atoms with E-state index in [9.17, 15) is 9.59 Å². The summed E-state index contributed by atoms with van der Waals surface area (Å²) in [7, 11) is 0. The van der Waals surface area contributed by atoms with Gasteiger partial charge < -0.3 is 16.0 Å². The number of amides is 2. The number of anilines is 1. The lowest BCUT2D eigenvalue weighted by Gasteiger charge is -2.36. The third kappa shape index (κ3) is 3.61. The van der Waals surface area contributed by atoms with Gasteiger partial charge in [-0.1, -0.05) is 31.5 Å². The van der Waals surface area contributed by atoms with E-state index in [0.29, 0.717) is 32.4 Å². The Hall–Kier alpha value is -1.88. The number of piperidine rings is 1. The van der Waals surface area contributed by atoms with E-state index >= 15 is 0 Å². The Labute approximate surface area is 144 Å². The molecule has 1 saturated heterocycles. The van der Waals surface area contributed by atoms with Gasteiger partial charge in [0.05, 0.1) is 5.41 Å². The molecule has 1 aliphatic heterocycles. The van der Waals surface area contributed by atoms with Crippen molar-refractivity contribution in [1.82, 2.24) is 5.32 Å². The minimum absolute atomic E-state index is 0.0309. The summed E-state index contributed by atoms with van der Waals surface area (Å²) in [5.74, 6) is -0.129. The number of hydrogen-bond acceptors (Lipinski definition) is 3. The van der Waals surface area contributed by atoms with Crippen LogP contribution in [-0.2, 0) is 9.59 Å². The molecular weight excluding hydrogens is 302 g/mol. The fourth-order valence-corrected chi connectivity index (χ4v) is 3.25. The van der Waals surface area contributed by atoms with Crippen LogP contribution in [0.5, 0.6) is 0 Å². The van der Waals surface area contributed by atoms with E-state index in [2.05, 4.69) is 5.32 Å². The molecule has 1 heterocycles. The van der Waals surface area contributed by atoms with Gasteiger partial charge in [0.2, 0.25) is 11.8 Å². The van der Waals surface area contributed by atoms with E-state index in [4.69, 9.17) is 5.73 Å². The van der Waals surface area contributed by atoms with Crippen LogP contribution in [0.15, 0.2) is 24.3 Å². The number of carbonyl (C=O) groups is 2. The maximum absolute atomic E-state index is 12.8. The molecule has 3 N–H and O–H groups in total. The van der Waals surface area contributed by atoms with Crippen LogP contribution >= 0.6 is 0 Å². The van der Waals surface area contributed by atoms with E-state index in [1.165, 1.54) is 0 Å². The van der Waals surface area contributed by atoms with Gasteiger partial charge in [0.15, 0.2) is 0 Å². The molecule has 1 fully saturated rings. The second kappa shape index (κ2) is 7.79. The number of carbonyl (C=O) groups excluding carboxylic acids is 2. The molecule has 5 nitrogen and oxygen atoms in total. The third-order valence-electron chi connectivity index (χ3n) is 5.32. The molecule has 2 rings (SSSR count). The summed E-state index contributed by atoms with van der Waals surface area (Å²) in [6.45, 7) is 6.95. The molecule has 1 unspecified atom stereocenters. The standard InChI is InChI=1S/C19H29N3O2/c1-4-19(5-2,13-20)18(24)21-16-7-6-12-22(17(16)23)15-10-8-14(3)9-11-15/h8-11,16H,4-7,12-13,20H2,1-3H3,(H,21,24). The van der Waals surface area contributed by atoms with Crippen molar-refractivity contribution in [3.8, 4) is 0 Å². The predicted octanol–water partition coefficient (Wildman–Crippen LogP) is 2.37. The molecule has 132 valence electrons. The highest BCUT2D eigenvalue weighted by Crippen LogP contribution is 2.27. The van der Waals surface area contributed by atoms with Crippen molar-refractivity contribution in [2.45, 2.75) is 52.5 Å². The smallest absolute Gasteiger partial charge is 0.249 e. The molecule has 1 atom stereocenters. The van der Waals surface area contributed by atoms with Crippen molar-refractivity contribution in [2.75, 3.05) is 18.0 Å². The number of benzene rings is 1. The van der Waals surface area contributed by atoms with Gasteiger partial charge in [-0.25, -0.2) is 0 Å². The summed E-state index contributed by atoms with van der Waals surface area (Å²) < 4.78 is 0. The quantitative estimate of drug-likeness (QED) is 0.840. The molecule has 0 radical (unpaired) electrons. The van der Waals surface area contributed by atoms with Crippen molar-refractivity contribution in [2.24, 2.45) is 11.1 Å². The Morgan fingerprint density at radius 3 is 2.46 bits per heavy atom. The Kier molecular flexibility index (Phi) is 5.99. The normalized spacial score (nSPS) is 18.6. The lowest BCUT2D eigenvalue weighted by atomic mass is 9.81. The number of nitrogens with one attached hydrogen (secondary N) is 1. The summed E-state index contributed by atoms with van der Waals surface area (Å²) in [6.07, 6.45) is 2.91. The van der Waals surface area contributed by atoms with Gasteiger partial charge >= 0.3 is 0 Å². The number of aryl methyl sites for hydroxylation is 1. The molecule has 0 aliphatic carbocycles. The molecule has 1 aromatic carbocycles. The zero-order chi connectivity index (χ0) is 17.7. The second-order valence-corrected chi connectivity index (χ2v) is 6.69. The maximum Gasteiger partial charge on any atom is 0.249 e. The van der Waals surface area contributed by atoms with Gasteiger partial charge in [0, 0.05) is 18.8 Å². The van der Waals surface area contributed by atoms with Gasteiger partial charge in [-0.05, 0) is 44.7 Å². The van der Waals surface area contributed by atoms with Crippen molar-refractivity contribution < 1.29 is 9.59 Å². The van der Waals surface area contributed by atoms with E-state index in [1.54, 1.807) is 4.90 Å². The molecule has 24 heavy (non-hydrogen) atoms. The van der Waals surface area contributed by atoms with Crippen LogP contribution in [0.2, 0.25) is 0 Å². The summed E-state index contributed by atoms with van der Waals surface area (Å²) in [5, 5.41) is 2.96. The molecule has 0 spiro atoms. The largest absolute Gasteiger partial charge is 0.344 e. The van der Waals surface area contributed by atoms with Crippen LogP contribution in [0.1, 0.15) is 45.1 Å². The van der Waals surface area contributed by atoms with Gasteiger partial charge in [0.25, 0.3) is 0 Å². The zero-order valence-electron chi connectivity index (χ0n) is 15.0. The Bertz CT molecular complexity index is 571. The average molecular weight is 331 g/mol. The van der Waals surface area contributed by atoms with Crippen molar-refractivity contribution in [1.29, 1.82) is 0 Å². The van der Waals surface area contributed by atoms with Crippen LogP contribution in [0, 0.1) is 12.3 Å². The van der Waals surface area contributed by atoms with Gasteiger partial charge in [-0.3, -0.25) is 9.59 Å². The van der Waals surface area contributed by atoms with Crippen molar-refractivity contribution in [3.05, 3.63) is 29.8 Å². The zero-order valence-corrected chi connectivity index (χ0v) is 15.0. The Morgan fingerprint density at radius 2 is 1.92 bits per heavy atom. The monoisotopic (exact) mass is 331 g/mol. The predicted molar refractivity (Wildman–Crippen MR) is 96.8 cm³/mol. The van der Waals surface area contributed by atoms with Crippen LogP contribution in [0.4, 0.5) is 5.69 Å². The van der Waals surface area contributed by atoms with Crippen molar-refractivity contribution in [3.63, 3.8) is 0 Å². The lowest BCUT2D eigenvalue weighted by molar-refractivity contribution is -0.135. The minimum Gasteiger partial charge on any atom is -0.344 e. The topological polar surface area (TPSA) is 75.4 Å². The Balaban J connectivity index is 2.12. The van der Waals surface area contributed by atoms with E-state index in [1.807, 2.05) is 45.0 Å². The summed E-state index contributed by atoms with van der Waals surface area (Å²) >= 11 is 0. The van der Waals surface area contributed by atoms with Gasteiger partial charge in [-0.15, -0.1) is 0 Å². The highest BCUT2D eigenvalue weighted by Gasteiger charge is 2.38. The molecule has 1 aromatic rings. The van der Waals surface area contributed by atoms with Crippen LogP contribution in [0.3, 0.4) is 0 Å². The number of nitrogens with two attached hydrogens (primary N) is 1. The molecular formula is C19H29N3O2. The molecule has 2 amide bonds. The molecule has 0 aromatic heterocycles. The fourth-order valence-electron chi connectivity index (χ4n) is 3.25. The van der Waals surface area contributed by atoms with E-state index in [-0.39, 0.29) is 11.8 Å². The average Bonchev–Trinajstić information content (AvgIpc) is 2.60. The summed E-state index contributed by atoms with van der Waals surface area (Å²) in [5.41, 5.74) is 7.32. The number of rotatable bonds is 6. The fraction of sp³-hybridized carbons (Fsp3) is 0.579. The number of nitrogens with zero attached hydrogens (tertiary/aromatic N) is 1. The van der Waals surface area contributed by atoms with E-state index < -0.39 is 11.5 Å².